The Balaban J connectivity index is 0.00000417. The monoisotopic (exact) mass is 1560 g/mol. The molecule has 0 spiro atoms. The van der Waals surface area contributed by atoms with Crippen molar-refractivity contribution in [2.75, 3.05) is 53.4 Å². The van der Waals surface area contributed by atoms with E-state index in [0.717, 1.165) is 241 Å². The van der Waals surface area contributed by atoms with Crippen LogP contribution in [0.25, 0.3) is 0 Å². The van der Waals surface area contributed by atoms with Crippen molar-refractivity contribution in [1.29, 1.82) is 0 Å². The zero-order chi connectivity index (χ0) is 65.6. The largest absolute Gasteiger partial charge is 1.00 e. The summed E-state index contributed by atoms with van der Waals surface area (Å²) in [6.45, 7) is 21.3. The van der Waals surface area contributed by atoms with Crippen LogP contribution >= 0.6 is 48.9 Å². The second-order valence-electron chi connectivity index (χ2n) is 25.3. The van der Waals surface area contributed by atoms with E-state index in [2.05, 4.69) is 99.3 Å². The fraction of sp³-hybridized carbons (Fsp3) is 0.611. The van der Waals surface area contributed by atoms with E-state index in [-0.39, 0.29) is 256 Å². The van der Waals surface area contributed by atoms with Crippen molar-refractivity contribution in [3.05, 3.63) is 91.0 Å². The van der Waals surface area contributed by atoms with Gasteiger partial charge < -0.3 is 157 Å². The molecule has 4 aromatic carbocycles. The summed E-state index contributed by atoms with van der Waals surface area (Å²) in [4.78, 5) is 8.45. The van der Waals surface area contributed by atoms with Crippen LogP contribution in [0, 0.1) is 0 Å². The number of rotatable bonds is 32. The van der Waals surface area contributed by atoms with E-state index in [0.29, 0.717) is 69.6 Å². The Morgan fingerprint density at radius 3 is 0.604 bits per heavy atom. The van der Waals surface area contributed by atoms with Crippen molar-refractivity contribution in [2.24, 2.45) is 0 Å². The summed E-state index contributed by atoms with van der Waals surface area (Å²) in [5.41, 5.74) is 12.0. The number of nitrogens with zero attached hydrogens (tertiary/aromatic N) is 4. The summed E-state index contributed by atoms with van der Waals surface area (Å²) < 4.78 is 60.0. The molecule has 12 nitrogen and oxygen atoms in total. The quantitative estimate of drug-likeness (QED) is 0.0250. The van der Waals surface area contributed by atoms with E-state index in [1.165, 1.54) is 0 Å². The summed E-state index contributed by atoms with van der Waals surface area (Å²) in [5.74, 6) is 4.73. The van der Waals surface area contributed by atoms with E-state index in [9.17, 15) is 0 Å². The molecular weight excluding hydrogens is 1460 g/mol. The molecule has 96 heavy (non-hydrogen) atoms. The van der Waals surface area contributed by atoms with Gasteiger partial charge >= 0.3 is 206 Å². The standard InChI is InChI=1S/C72H100N4O8S8.4K/c1-9-17-21-25-45-49-33-51-46(26-22-18-10-2)53-35-55-48(28-24-20-12-4)56-36-54-47(27-23-19-11-3)52-34-50(45)62-58(38-74(30-14-6)70(87)88)64(52)80-43-82-66(54)60(40-76(32-16-8)72(91)92)68(56)84-44-83-67(55)59(39-75(31-15-7)71(89)90)65(53)81-42-79-63(51)57(61(49)77-41-78-62)37-73(29-13-5)69(85)86;;;;/h33-36,45-48H,9-32,37-44H2,1-8H3,(H,85,86)(H,87,88)(H,89,90)(H,91,92);;;;/q;4*+1/p-4. The predicted octanol–water partition coefficient (Wildman–Crippen LogP) is 5.95. The molecule has 0 radical (unpaired) electrons. The van der Waals surface area contributed by atoms with E-state index in [1.807, 2.05) is 0 Å². The Morgan fingerprint density at radius 1 is 0.302 bits per heavy atom. The first-order valence-corrected chi connectivity index (χ1v) is 37.6. The minimum atomic E-state index is -0.253. The van der Waals surface area contributed by atoms with Gasteiger partial charge in [0.05, 0.1) is 22.3 Å². The molecule has 504 valence electrons. The van der Waals surface area contributed by atoms with Gasteiger partial charge in [0.15, 0.2) is 0 Å². The predicted molar refractivity (Wildman–Crippen MR) is 397 cm³/mol. The molecular formula is C72H96K4N4O8S8. The van der Waals surface area contributed by atoms with Crippen LogP contribution in [0.4, 0.5) is 0 Å². The second kappa shape index (κ2) is 44.5. The van der Waals surface area contributed by atoms with E-state index in [1.54, 1.807) is 0 Å². The van der Waals surface area contributed by atoms with Gasteiger partial charge in [-0.05, 0) is 75.6 Å². The van der Waals surface area contributed by atoms with Gasteiger partial charge in [-0.1, -0.05) is 150 Å². The molecule has 0 atom stereocenters. The number of benzene rings is 4. The maximum atomic E-state index is 7.30. The summed E-state index contributed by atoms with van der Waals surface area (Å²) in [7, 11) is 0. The third kappa shape index (κ3) is 21.4. The average Bonchev–Trinajstić information content (AvgIpc) is 0.727. The zero-order valence-corrected chi connectivity index (χ0v) is 78.6. The van der Waals surface area contributed by atoms with Crippen molar-refractivity contribution in [2.45, 2.75) is 234 Å². The Kier molecular flexibility index (Phi) is 41.2. The maximum Gasteiger partial charge on any atom is 1.00 e. The van der Waals surface area contributed by atoms with Crippen LogP contribution in [0.2, 0.25) is 0 Å². The molecule has 4 aliphatic heterocycles. The van der Waals surface area contributed by atoms with Gasteiger partial charge in [0, 0.05) is 121 Å². The normalized spacial score (nSPS) is 16.3. The van der Waals surface area contributed by atoms with Crippen molar-refractivity contribution >= 4 is 117 Å². The summed E-state index contributed by atoms with van der Waals surface area (Å²) in [5, 5.41) is 0. The molecule has 24 heteroatoms. The molecule has 0 aromatic heterocycles. The molecule has 0 amide bonds. The Bertz CT molecular complexity index is 2740. The van der Waals surface area contributed by atoms with Gasteiger partial charge in [-0.3, -0.25) is 0 Å². The van der Waals surface area contributed by atoms with Crippen LogP contribution in [0.1, 0.15) is 274 Å². The number of hydrogen-bond acceptors (Lipinski definition) is 16. The first-order valence-electron chi connectivity index (χ1n) is 34.3. The fourth-order valence-electron chi connectivity index (χ4n) is 14.7. The molecule has 0 saturated carbocycles. The number of hydrogen-bond donors (Lipinski definition) is 0. The van der Waals surface area contributed by atoms with Gasteiger partial charge in [0.1, 0.15) is 46.0 Å². The minimum absolute atomic E-state index is 0. The summed E-state index contributed by atoms with van der Waals surface area (Å²) >= 11 is 47.9. The average molecular weight is 1560 g/mol. The Hall–Kier alpha value is 2.27. The van der Waals surface area contributed by atoms with Crippen molar-refractivity contribution in [3.63, 3.8) is 0 Å². The van der Waals surface area contributed by atoms with Gasteiger partial charge in [-0.15, -0.1) is 0 Å². The Morgan fingerprint density at radius 2 is 0.469 bits per heavy atom. The van der Waals surface area contributed by atoms with Crippen LogP contribution in [0.5, 0.6) is 46.0 Å². The van der Waals surface area contributed by atoms with Crippen LogP contribution in [0.15, 0.2) is 24.3 Å². The van der Waals surface area contributed by atoms with Crippen LogP contribution in [-0.4, -0.2) is 90.2 Å². The third-order valence-corrected chi connectivity index (χ3v) is 21.0. The van der Waals surface area contributed by atoms with Gasteiger partial charge in [0.2, 0.25) is 27.2 Å². The maximum absolute atomic E-state index is 7.30. The molecule has 9 rings (SSSR count). The van der Waals surface area contributed by atoms with Gasteiger partial charge in [-0.25, -0.2) is 0 Å². The number of ether oxygens (including phenoxy) is 8. The summed E-state index contributed by atoms with van der Waals surface area (Å²) in [6, 6.07) is 9.80. The van der Waals surface area contributed by atoms with Gasteiger partial charge in [-0.2, -0.15) is 0 Å². The molecule has 5 aliphatic rings. The van der Waals surface area contributed by atoms with Gasteiger partial charge in [0.25, 0.3) is 0 Å². The van der Waals surface area contributed by atoms with Crippen molar-refractivity contribution in [1.82, 2.24) is 19.6 Å². The fourth-order valence-corrected chi connectivity index (χ4v) is 15.9. The topological polar surface area (TPSA) is 86.8 Å². The van der Waals surface area contributed by atoms with E-state index in [4.69, 9.17) is 137 Å². The first kappa shape index (κ1) is 88.9. The van der Waals surface area contributed by atoms with Crippen LogP contribution < -0.4 is 243 Å². The molecule has 4 heterocycles. The Labute approximate surface area is 789 Å². The second-order valence-corrected chi connectivity index (χ2v) is 29.5. The molecule has 4 aromatic rings. The van der Waals surface area contributed by atoms with Crippen LogP contribution in [0.3, 0.4) is 0 Å². The SMILES string of the molecule is CCCCCC1c2cc3c4c(CN(CCC)C(=S)[S-])c2OCOc2c1cc1c(c2CN(CCC)C(=S)[S-])OCOc2c(cc5c(c2CN(CCC)C(=S)[S-])OCOc2c(cc(c(c2CN(CCC)C(=S)[S-])OCO4)C3CCCCC)C5CCCCC)C1CCCCC.[K+].[K+].[K+].[K+]. The smallest absolute Gasteiger partial charge is 0.457 e. The number of unbranched alkanes of at least 4 members (excludes halogenated alkanes) is 8. The molecule has 0 fully saturated rings. The zero-order valence-electron chi connectivity index (χ0n) is 59.6. The van der Waals surface area contributed by atoms with E-state index >= 15 is 0 Å². The molecule has 8 bridgehead atoms. The third-order valence-electron chi connectivity index (χ3n) is 19.0. The van der Waals surface area contributed by atoms with E-state index < -0.39 is 0 Å². The molecule has 0 N–H and O–H groups in total. The van der Waals surface area contributed by atoms with Crippen molar-refractivity contribution < 1.29 is 243 Å². The molecule has 0 saturated heterocycles. The molecule has 1 aliphatic carbocycles. The number of thiocarbonyl (C=S) groups is 4. The van der Waals surface area contributed by atoms with Crippen molar-refractivity contribution in [3.8, 4) is 46.0 Å². The van der Waals surface area contributed by atoms with Crippen LogP contribution in [-0.2, 0) is 76.7 Å². The summed E-state index contributed by atoms with van der Waals surface area (Å²) in [6.07, 6.45) is 18.5. The minimum Gasteiger partial charge on any atom is -0.457 e. The first-order chi connectivity index (χ1) is 44.7. The molecule has 0 unspecified atom stereocenters.